The summed E-state index contributed by atoms with van der Waals surface area (Å²) in [6.45, 7) is 6.22. The van der Waals surface area contributed by atoms with E-state index >= 15 is 0 Å². The quantitative estimate of drug-likeness (QED) is 0.660. The number of alkyl halides is 1. The first-order chi connectivity index (χ1) is 9.54. The first-order valence-corrected chi connectivity index (χ1v) is 7.92. The van der Waals surface area contributed by atoms with Gasteiger partial charge in [-0.25, -0.2) is 0 Å². The van der Waals surface area contributed by atoms with Crippen LogP contribution in [0.3, 0.4) is 0 Å². The van der Waals surface area contributed by atoms with Gasteiger partial charge in [0.05, 0.1) is 6.10 Å². The second-order valence-electron chi connectivity index (χ2n) is 5.40. The molecule has 1 unspecified atom stereocenters. The summed E-state index contributed by atoms with van der Waals surface area (Å²) in [6.07, 6.45) is 1.18. The van der Waals surface area contributed by atoms with Crippen molar-refractivity contribution in [1.82, 2.24) is 0 Å². The Hall–Kier alpha value is -1.28. The second-order valence-corrected chi connectivity index (χ2v) is 6.51. The summed E-state index contributed by atoms with van der Waals surface area (Å²) in [4.78, 5) is 0.306. The minimum atomic E-state index is 0.204. The van der Waals surface area contributed by atoms with E-state index < -0.39 is 0 Å². The molecular formula is C18H21BrO. The number of hydrogen-bond acceptors (Lipinski definition) is 1. The maximum Gasteiger partial charge on any atom is 0.119 e. The van der Waals surface area contributed by atoms with Crippen LogP contribution in [0.2, 0.25) is 0 Å². The molecule has 0 bridgehead atoms. The normalized spacial score (nSPS) is 12.4. The smallest absolute Gasteiger partial charge is 0.119 e. The zero-order valence-electron chi connectivity index (χ0n) is 12.3. The Morgan fingerprint density at radius 2 is 1.80 bits per heavy atom. The summed E-state index contributed by atoms with van der Waals surface area (Å²) in [5.41, 5.74) is 3.91. The molecule has 2 aromatic carbocycles. The van der Waals surface area contributed by atoms with Crippen molar-refractivity contribution in [2.45, 2.75) is 38.1 Å². The second kappa shape index (κ2) is 6.94. The summed E-state index contributed by atoms with van der Waals surface area (Å²) in [5, 5.41) is 0. The summed E-state index contributed by atoms with van der Waals surface area (Å²) >= 11 is 3.79. The van der Waals surface area contributed by atoms with Gasteiger partial charge < -0.3 is 4.74 Å². The molecule has 0 aliphatic carbocycles. The van der Waals surface area contributed by atoms with Crippen molar-refractivity contribution in [3.63, 3.8) is 0 Å². The molecule has 1 atom stereocenters. The average molecular weight is 333 g/mol. The highest BCUT2D eigenvalue weighted by atomic mass is 79.9. The van der Waals surface area contributed by atoms with Crippen LogP contribution in [0.4, 0.5) is 0 Å². The van der Waals surface area contributed by atoms with Crippen molar-refractivity contribution >= 4 is 15.9 Å². The van der Waals surface area contributed by atoms with E-state index in [1.807, 2.05) is 19.9 Å². The summed E-state index contributed by atoms with van der Waals surface area (Å²) < 4.78 is 5.75. The molecule has 0 aromatic heterocycles. The monoisotopic (exact) mass is 332 g/mol. The Morgan fingerprint density at radius 3 is 2.50 bits per heavy atom. The van der Waals surface area contributed by atoms with Crippen LogP contribution >= 0.6 is 15.9 Å². The largest absolute Gasteiger partial charge is 0.491 e. The van der Waals surface area contributed by atoms with Gasteiger partial charge in [-0.1, -0.05) is 57.9 Å². The Kier molecular flexibility index (Phi) is 5.24. The molecule has 1 nitrogen and oxygen atoms in total. The van der Waals surface area contributed by atoms with E-state index in [4.69, 9.17) is 4.74 Å². The average Bonchev–Trinajstić information content (AvgIpc) is 2.38. The molecule has 0 aliphatic heterocycles. The van der Waals surface area contributed by atoms with Gasteiger partial charge in [0, 0.05) is 4.83 Å². The van der Waals surface area contributed by atoms with E-state index in [9.17, 15) is 0 Å². The lowest BCUT2D eigenvalue weighted by Crippen LogP contribution is -2.06. The topological polar surface area (TPSA) is 9.23 Å². The molecule has 2 aromatic rings. The molecule has 0 heterocycles. The predicted molar refractivity (Wildman–Crippen MR) is 88.8 cm³/mol. The molecule has 0 spiro atoms. The van der Waals surface area contributed by atoms with Gasteiger partial charge in [-0.2, -0.15) is 0 Å². The molecule has 20 heavy (non-hydrogen) atoms. The van der Waals surface area contributed by atoms with Gasteiger partial charge in [-0.3, -0.25) is 0 Å². The number of aryl methyl sites for hydroxylation is 1. The van der Waals surface area contributed by atoms with Gasteiger partial charge in [0.15, 0.2) is 0 Å². The maximum atomic E-state index is 5.75. The van der Waals surface area contributed by atoms with Gasteiger partial charge >= 0.3 is 0 Å². The molecule has 0 radical (unpaired) electrons. The Labute approximate surface area is 130 Å². The van der Waals surface area contributed by atoms with Crippen molar-refractivity contribution in [1.29, 1.82) is 0 Å². The fourth-order valence-corrected chi connectivity index (χ4v) is 2.88. The van der Waals surface area contributed by atoms with E-state index in [-0.39, 0.29) is 6.10 Å². The summed E-state index contributed by atoms with van der Waals surface area (Å²) in [5.74, 6) is 0.936. The standard InChI is InChI=1S/C18H21BrO/c1-13(2)20-17-9-5-8-16(12-17)18(19)11-15-7-4-6-14(3)10-15/h4-10,12-13,18H,11H2,1-3H3. The van der Waals surface area contributed by atoms with E-state index in [1.54, 1.807) is 0 Å². The van der Waals surface area contributed by atoms with Crippen LogP contribution in [0.1, 0.15) is 35.4 Å². The number of rotatable bonds is 5. The number of ether oxygens (including phenoxy) is 1. The van der Waals surface area contributed by atoms with Crippen LogP contribution in [0.15, 0.2) is 48.5 Å². The van der Waals surface area contributed by atoms with Crippen LogP contribution < -0.4 is 4.74 Å². The van der Waals surface area contributed by atoms with Crippen LogP contribution in [0.5, 0.6) is 5.75 Å². The lowest BCUT2D eigenvalue weighted by Gasteiger charge is -2.14. The highest BCUT2D eigenvalue weighted by molar-refractivity contribution is 9.09. The van der Waals surface area contributed by atoms with Gasteiger partial charge in [-0.15, -0.1) is 0 Å². The highest BCUT2D eigenvalue weighted by Gasteiger charge is 2.10. The van der Waals surface area contributed by atoms with E-state index in [0.29, 0.717) is 4.83 Å². The van der Waals surface area contributed by atoms with Crippen molar-refractivity contribution in [3.05, 3.63) is 65.2 Å². The lowest BCUT2D eigenvalue weighted by molar-refractivity contribution is 0.242. The van der Waals surface area contributed by atoms with Crippen molar-refractivity contribution in [2.75, 3.05) is 0 Å². The first kappa shape index (κ1) is 15.1. The van der Waals surface area contributed by atoms with Gasteiger partial charge in [0.1, 0.15) is 5.75 Å². The first-order valence-electron chi connectivity index (χ1n) is 7.01. The van der Waals surface area contributed by atoms with Crippen LogP contribution in [0.25, 0.3) is 0 Å². The van der Waals surface area contributed by atoms with E-state index in [0.717, 1.165) is 12.2 Å². The van der Waals surface area contributed by atoms with Crippen LogP contribution in [-0.2, 0) is 6.42 Å². The zero-order valence-corrected chi connectivity index (χ0v) is 13.9. The number of halogens is 1. The van der Waals surface area contributed by atoms with Crippen LogP contribution in [-0.4, -0.2) is 6.10 Å². The molecule has 0 fully saturated rings. The summed E-state index contributed by atoms with van der Waals surface area (Å²) in [6, 6.07) is 17.0. The molecule has 2 rings (SSSR count). The van der Waals surface area contributed by atoms with Gasteiger partial charge in [0.2, 0.25) is 0 Å². The van der Waals surface area contributed by atoms with Crippen molar-refractivity contribution < 1.29 is 4.74 Å². The molecule has 0 N–H and O–H groups in total. The Bertz CT molecular complexity index is 563. The molecule has 0 aliphatic rings. The Balaban J connectivity index is 2.10. The summed E-state index contributed by atoms with van der Waals surface area (Å²) in [7, 11) is 0. The molecule has 0 amide bonds. The van der Waals surface area contributed by atoms with Crippen molar-refractivity contribution in [2.24, 2.45) is 0 Å². The number of benzene rings is 2. The lowest BCUT2D eigenvalue weighted by atomic mass is 10.0. The SMILES string of the molecule is Cc1cccc(CC(Br)c2cccc(OC(C)C)c2)c1. The minimum absolute atomic E-state index is 0.204. The Morgan fingerprint density at radius 1 is 1.05 bits per heavy atom. The fraction of sp³-hybridized carbons (Fsp3) is 0.333. The number of hydrogen-bond donors (Lipinski definition) is 0. The van der Waals surface area contributed by atoms with E-state index in [1.165, 1.54) is 16.7 Å². The zero-order chi connectivity index (χ0) is 14.5. The third-order valence-corrected chi connectivity index (χ3v) is 3.94. The molecule has 0 saturated heterocycles. The highest BCUT2D eigenvalue weighted by Crippen LogP contribution is 2.29. The molecule has 0 saturated carbocycles. The van der Waals surface area contributed by atoms with Gasteiger partial charge in [-0.05, 0) is 50.5 Å². The molecule has 106 valence electrons. The molecular weight excluding hydrogens is 312 g/mol. The van der Waals surface area contributed by atoms with E-state index in [2.05, 4.69) is 65.3 Å². The maximum absolute atomic E-state index is 5.75. The third-order valence-electron chi connectivity index (χ3n) is 3.09. The minimum Gasteiger partial charge on any atom is -0.491 e. The predicted octanol–water partition coefficient (Wildman–Crippen LogP) is 5.46. The van der Waals surface area contributed by atoms with Crippen LogP contribution in [0, 0.1) is 6.92 Å². The third kappa shape index (κ3) is 4.38. The molecule has 2 heteroatoms. The van der Waals surface area contributed by atoms with Crippen molar-refractivity contribution in [3.8, 4) is 5.75 Å². The van der Waals surface area contributed by atoms with Gasteiger partial charge in [0.25, 0.3) is 0 Å². The fourth-order valence-electron chi connectivity index (χ4n) is 2.22.